The van der Waals surface area contributed by atoms with Crippen LogP contribution in [0.1, 0.15) is 31.5 Å². The van der Waals surface area contributed by atoms with Crippen molar-refractivity contribution < 1.29 is 0 Å². The van der Waals surface area contributed by atoms with Gasteiger partial charge in [0.15, 0.2) is 5.65 Å². The maximum absolute atomic E-state index is 11.6. The summed E-state index contributed by atoms with van der Waals surface area (Å²) in [7, 11) is 0. The fourth-order valence-electron chi connectivity index (χ4n) is 3.02. The van der Waals surface area contributed by atoms with Gasteiger partial charge in [-0.3, -0.25) is 0 Å². The van der Waals surface area contributed by atoms with E-state index in [0.29, 0.717) is 17.5 Å². The highest BCUT2D eigenvalue weighted by Crippen LogP contribution is 2.27. The molecule has 0 amide bonds. The molecule has 0 radical (unpaired) electrons. The van der Waals surface area contributed by atoms with Crippen LogP contribution in [0, 0.1) is 6.92 Å². The summed E-state index contributed by atoms with van der Waals surface area (Å²) in [6.45, 7) is 2.76. The largest absolute Gasteiger partial charge is 0.353 e. The van der Waals surface area contributed by atoms with E-state index in [0.717, 1.165) is 17.7 Å². The summed E-state index contributed by atoms with van der Waals surface area (Å²) in [6.07, 6.45) is 5.00. The molecule has 0 saturated heterocycles. The van der Waals surface area contributed by atoms with Gasteiger partial charge < -0.3 is 4.90 Å². The summed E-state index contributed by atoms with van der Waals surface area (Å²) in [5.74, 6) is 1.59. The van der Waals surface area contributed by atoms with E-state index in [4.69, 9.17) is 0 Å². The van der Waals surface area contributed by atoms with Crippen molar-refractivity contribution in [3.05, 3.63) is 22.4 Å². The molecule has 6 nitrogen and oxygen atoms in total. The second kappa shape index (κ2) is 5.55. The number of hydrogen-bond donors (Lipinski definition) is 1. The number of fused-ring (bicyclic) bond motifs is 1. The molecular weight excluding hydrogens is 322 g/mol. The first kappa shape index (κ1) is 13.6. The number of nitrogens with zero attached hydrogens (tertiary/aromatic N) is 4. The third-order valence-corrected chi connectivity index (χ3v) is 4.30. The molecule has 20 heavy (non-hydrogen) atoms. The molecule has 1 aliphatic rings. The molecule has 1 fully saturated rings. The molecule has 0 spiro atoms. The molecule has 7 heteroatoms. The SMILES string of the molecule is Cc1nc(N(CCBr)C2CCCC2)cc2n[nH]c(=O)n12. The summed E-state index contributed by atoms with van der Waals surface area (Å²) in [5, 5.41) is 7.44. The van der Waals surface area contributed by atoms with Gasteiger partial charge in [-0.1, -0.05) is 28.8 Å². The molecule has 108 valence electrons. The first-order valence-electron chi connectivity index (χ1n) is 6.98. The molecule has 0 bridgehead atoms. The van der Waals surface area contributed by atoms with E-state index in [1.807, 2.05) is 13.0 Å². The Morgan fingerprint density at radius 2 is 2.25 bits per heavy atom. The second-order valence-electron chi connectivity index (χ2n) is 5.20. The smallest absolute Gasteiger partial charge is 0.349 e. The summed E-state index contributed by atoms with van der Waals surface area (Å²) < 4.78 is 1.50. The van der Waals surface area contributed by atoms with Gasteiger partial charge in [-0.25, -0.2) is 19.3 Å². The number of anilines is 1. The highest BCUT2D eigenvalue weighted by Gasteiger charge is 2.24. The molecule has 3 rings (SSSR count). The highest BCUT2D eigenvalue weighted by molar-refractivity contribution is 9.09. The Labute approximate surface area is 125 Å². The summed E-state index contributed by atoms with van der Waals surface area (Å²) in [6, 6.07) is 2.44. The van der Waals surface area contributed by atoms with Crippen molar-refractivity contribution in [3.63, 3.8) is 0 Å². The average molecular weight is 340 g/mol. The fourth-order valence-corrected chi connectivity index (χ4v) is 3.40. The fraction of sp³-hybridized carbons (Fsp3) is 0.615. The maximum Gasteiger partial charge on any atom is 0.349 e. The van der Waals surface area contributed by atoms with E-state index < -0.39 is 0 Å². The summed E-state index contributed by atoms with van der Waals surface area (Å²) >= 11 is 3.52. The van der Waals surface area contributed by atoms with Gasteiger partial charge in [0.2, 0.25) is 0 Å². The van der Waals surface area contributed by atoms with E-state index in [9.17, 15) is 4.79 Å². The van der Waals surface area contributed by atoms with E-state index >= 15 is 0 Å². The lowest BCUT2D eigenvalue weighted by molar-refractivity contribution is 0.614. The Hall–Kier alpha value is -1.37. The van der Waals surface area contributed by atoms with Crippen molar-refractivity contribution in [2.45, 2.75) is 38.6 Å². The number of H-pyrrole nitrogens is 1. The third kappa shape index (κ3) is 2.34. The van der Waals surface area contributed by atoms with E-state index in [1.165, 1.54) is 30.1 Å². The lowest BCUT2D eigenvalue weighted by atomic mass is 10.2. The van der Waals surface area contributed by atoms with Gasteiger partial charge >= 0.3 is 5.69 Å². The van der Waals surface area contributed by atoms with Crippen LogP contribution < -0.4 is 10.6 Å². The third-order valence-electron chi connectivity index (χ3n) is 3.94. The van der Waals surface area contributed by atoms with Crippen LogP contribution in [-0.4, -0.2) is 37.5 Å². The van der Waals surface area contributed by atoms with Gasteiger partial charge in [-0.05, 0) is 19.8 Å². The molecule has 0 unspecified atom stereocenters. The van der Waals surface area contributed by atoms with Crippen LogP contribution >= 0.6 is 15.9 Å². The van der Waals surface area contributed by atoms with Crippen LogP contribution in [0.2, 0.25) is 0 Å². The van der Waals surface area contributed by atoms with E-state index in [1.54, 1.807) is 0 Å². The lowest BCUT2D eigenvalue weighted by Crippen LogP contribution is -2.36. The molecule has 1 saturated carbocycles. The first-order valence-corrected chi connectivity index (χ1v) is 8.10. The van der Waals surface area contributed by atoms with Gasteiger partial charge in [0.1, 0.15) is 11.6 Å². The molecule has 0 atom stereocenters. The Morgan fingerprint density at radius 3 is 2.95 bits per heavy atom. The average Bonchev–Trinajstić information content (AvgIpc) is 3.06. The number of aromatic amines is 1. The number of hydrogen-bond acceptors (Lipinski definition) is 4. The molecule has 0 aliphatic heterocycles. The van der Waals surface area contributed by atoms with Crippen LogP contribution in [0.5, 0.6) is 0 Å². The van der Waals surface area contributed by atoms with E-state index in [2.05, 4.69) is 36.0 Å². The zero-order valence-corrected chi connectivity index (χ0v) is 13.1. The van der Waals surface area contributed by atoms with Gasteiger partial charge in [0.25, 0.3) is 0 Å². The lowest BCUT2D eigenvalue weighted by Gasteiger charge is -2.29. The number of nitrogens with one attached hydrogen (secondary N) is 1. The number of aryl methyl sites for hydroxylation is 1. The number of halogens is 1. The second-order valence-corrected chi connectivity index (χ2v) is 6.00. The van der Waals surface area contributed by atoms with Gasteiger partial charge in [0.05, 0.1) is 0 Å². The minimum atomic E-state index is -0.232. The molecule has 2 aromatic heterocycles. The van der Waals surface area contributed by atoms with E-state index in [-0.39, 0.29) is 5.69 Å². The number of aromatic nitrogens is 4. The molecule has 2 aromatic rings. The van der Waals surface area contributed by atoms with Crippen molar-refractivity contribution in [1.29, 1.82) is 0 Å². The van der Waals surface area contributed by atoms with Crippen molar-refractivity contribution in [1.82, 2.24) is 19.6 Å². The molecule has 1 N–H and O–H groups in total. The van der Waals surface area contributed by atoms with Crippen LogP contribution in [0.4, 0.5) is 5.82 Å². The predicted octanol–water partition coefficient (Wildman–Crippen LogP) is 1.87. The quantitative estimate of drug-likeness (QED) is 0.863. The van der Waals surface area contributed by atoms with Crippen molar-refractivity contribution >= 4 is 27.4 Å². The minimum Gasteiger partial charge on any atom is -0.353 e. The van der Waals surface area contributed by atoms with Crippen LogP contribution in [-0.2, 0) is 0 Å². The normalized spacial score (nSPS) is 16.1. The molecule has 2 heterocycles. The van der Waals surface area contributed by atoms with Gasteiger partial charge in [0, 0.05) is 24.0 Å². The van der Waals surface area contributed by atoms with Gasteiger partial charge in [-0.2, -0.15) is 5.10 Å². The van der Waals surface area contributed by atoms with Crippen molar-refractivity contribution in [3.8, 4) is 0 Å². The molecule has 0 aromatic carbocycles. The zero-order chi connectivity index (χ0) is 14.1. The number of alkyl halides is 1. The summed E-state index contributed by atoms with van der Waals surface area (Å²) in [4.78, 5) is 18.6. The summed E-state index contributed by atoms with van der Waals surface area (Å²) in [5.41, 5.74) is 0.402. The van der Waals surface area contributed by atoms with Crippen LogP contribution in [0.3, 0.4) is 0 Å². The molecule has 1 aliphatic carbocycles. The topological polar surface area (TPSA) is 66.3 Å². The predicted molar refractivity (Wildman–Crippen MR) is 81.7 cm³/mol. The Bertz CT molecular complexity index is 658. The standard InChI is InChI=1S/C13H18BrN5O/c1-9-15-11(8-12-16-17-13(20)19(9)12)18(7-6-14)10-4-2-3-5-10/h8,10H,2-7H2,1H3,(H,17,20). The highest BCUT2D eigenvalue weighted by atomic mass is 79.9. The van der Waals surface area contributed by atoms with Crippen molar-refractivity contribution in [2.24, 2.45) is 0 Å². The zero-order valence-electron chi connectivity index (χ0n) is 11.5. The first-order chi connectivity index (χ1) is 9.70. The Morgan fingerprint density at radius 1 is 1.50 bits per heavy atom. The monoisotopic (exact) mass is 339 g/mol. The molecular formula is C13H18BrN5O. The number of rotatable bonds is 4. The van der Waals surface area contributed by atoms with Crippen molar-refractivity contribution in [2.75, 3.05) is 16.8 Å². The Kier molecular flexibility index (Phi) is 3.78. The van der Waals surface area contributed by atoms with Crippen LogP contribution in [0.25, 0.3) is 5.65 Å². The van der Waals surface area contributed by atoms with Gasteiger partial charge in [-0.15, -0.1) is 0 Å². The minimum absolute atomic E-state index is 0.232. The maximum atomic E-state index is 11.6. The van der Waals surface area contributed by atoms with Crippen LogP contribution in [0.15, 0.2) is 10.9 Å². The Balaban J connectivity index is 2.03.